The summed E-state index contributed by atoms with van der Waals surface area (Å²) in [5.41, 5.74) is 0. The molecular weight excluding hydrogens is 294 g/mol. The number of sulfonamides is 1. The van der Waals surface area contributed by atoms with Crippen molar-refractivity contribution < 1.29 is 23.4 Å². The van der Waals surface area contributed by atoms with Gasteiger partial charge in [-0.3, -0.25) is 0 Å². The van der Waals surface area contributed by atoms with Crippen LogP contribution < -0.4 is 5.11 Å². The lowest BCUT2D eigenvalue weighted by molar-refractivity contribution is -0.309. The number of carboxylic acids is 1. The topological polar surface area (TPSA) is 97.7 Å². The van der Waals surface area contributed by atoms with Crippen molar-refractivity contribution in [3.8, 4) is 0 Å². The Bertz CT molecular complexity index is 586. The monoisotopic (exact) mass is 304 g/mol. The molecule has 1 aliphatic rings. The average molecular weight is 305 g/mol. The number of hydrogen-bond acceptors (Lipinski definition) is 5. The van der Waals surface area contributed by atoms with E-state index in [0.29, 0.717) is 5.02 Å². The fourth-order valence-electron chi connectivity index (χ4n) is 2.01. The molecule has 0 amide bonds. The number of nitrogens with zero attached hydrogens (tertiary/aromatic N) is 1. The first-order valence-electron chi connectivity index (χ1n) is 5.48. The number of aliphatic hydroxyl groups excluding tert-OH is 1. The second-order valence-corrected chi connectivity index (χ2v) is 6.58. The molecule has 104 valence electrons. The number of β-amino-alcohol motifs (C(OH)–C–C–N with tert-alkyl or cyclic N) is 1. The smallest absolute Gasteiger partial charge is 0.243 e. The predicted octanol–water partition coefficient (Wildman–Crippen LogP) is -0.786. The van der Waals surface area contributed by atoms with Crippen LogP contribution in [0.15, 0.2) is 29.2 Å². The number of carbonyl (C=O) groups is 1. The van der Waals surface area contributed by atoms with E-state index in [4.69, 9.17) is 11.6 Å². The van der Waals surface area contributed by atoms with Crippen LogP contribution in [0.1, 0.15) is 6.42 Å². The van der Waals surface area contributed by atoms with E-state index in [0.717, 1.165) is 4.31 Å². The van der Waals surface area contributed by atoms with Crippen molar-refractivity contribution in [2.45, 2.75) is 23.5 Å². The van der Waals surface area contributed by atoms with Crippen LogP contribution in [0.25, 0.3) is 0 Å². The van der Waals surface area contributed by atoms with Gasteiger partial charge in [-0.15, -0.1) is 0 Å². The van der Waals surface area contributed by atoms with Gasteiger partial charge in [-0.1, -0.05) is 11.6 Å². The highest BCUT2D eigenvalue weighted by molar-refractivity contribution is 7.89. The fraction of sp³-hybridized carbons (Fsp3) is 0.364. The van der Waals surface area contributed by atoms with Gasteiger partial charge in [0.1, 0.15) is 0 Å². The molecule has 0 radical (unpaired) electrons. The lowest BCUT2D eigenvalue weighted by Crippen LogP contribution is -2.46. The number of rotatable bonds is 3. The number of aliphatic hydroxyl groups is 1. The van der Waals surface area contributed by atoms with Crippen molar-refractivity contribution in [3.05, 3.63) is 29.3 Å². The van der Waals surface area contributed by atoms with Gasteiger partial charge in [0.05, 0.1) is 23.0 Å². The SMILES string of the molecule is O=C([O-])[C@H]1C[C@H](O)CN1S(=O)(=O)c1ccc(Cl)cc1. The standard InChI is InChI=1S/C11H12ClNO5S/c12-7-1-3-9(4-2-7)19(17,18)13-6-8(14)5-10(13)11(15)16/h1-4,8,10,14H,5-6H2,(H,15,16)/p-1/t8-,10+/m0/s1. The average Bonchev–Trinajstić information content (AvgIpc) is 2.73. The van der Waals surface area contributed by atoms with Gasteiger partial charge in [0.2, 0.25) is 10.0 Å². The normalized spacial score (nSPS) is 24.5. The van der Waals surface area contributed by atoms with Crippen molar-refractivity contribution >= 4 is 27.6 Å². The van der Waals surface area contributed by atoms with Crippen LogP contribution in [0, 0.1) is 0 Å². The molecule has 0 unspecified atom stereocenters. The minimum absolute atomic E-state index is 0.0720. The van der Waals surface area contributed by atoms with Gasteiger partial charge in [0.25, 0.3) is 0 Å². The largest absolute Gasteiger partial charge is 0.548 e. The number of carboxylic acid groups (broad SMARTS) is 1. The van der Waals surface area contributed by atoms with Gasteiger partial charge in [-0.2, -0.15) is 4.31 Å². The van der Waals surface area contributed by atoms with Crippen molar-refractivity contribution in [3.63, 3.8) is 0 Å². The zero-order chi connectivity index (χ0) is 14.2. The maximum absolute atomic E-state index is 12.3. The zero-order valence-electron chi connectivity index (χ0n) is 9.69. The summed E-state index contributed by atoms with van der Waals surface area (Å²) in [7, 11) is -3.99. The molecular formula is C11H11ClNO5S-. The summed E-state index contributed by atoms with van der Waals surface area (Å²) in [5, 5.41) is 20.8. The molecule has 2 rings (SSSR count). The molecule has 1 fully saturated rings. The van der Waals surface area contributed by atoms with E-state index in [-0.39, 0.29) is 17.9 Å². The highest BCUT2D eigenvalue weighted by Gasteiger charge is 2.40. The lowest BCUT2D eigenvalue weighted by Gasteiger charge is -2.24. The van der Waals surface area contributed by atoms with Crippen LogP contribution in [-0.4, -0.2) is 42.5 Å². The van der Waals surface area contributed by atoms with E-state index in [1.807, 2.05) is 0 Å². The van der Waals surface area contributed by atoms with Crippen LogP contribution in [-0.2, 0) is 14.8 Å². The summed E-state index contributed by atoms with van der Waals surface area (Å²) in [6.07, 6.45) is -1.18. The molecule has 2 atom stereocenters. The van der Waals surface area contributed by atoms with Crippen LogP contribution in [0.2, 0.25) is 5.02 Å². The first-order chi connectivity index (χ1) is 8.82. The Morgan fingerprint density at radius 2 is 1.95 bits per heavy atom. The lowest BCUT2D eigenvalue weighted by atomic mass is 10.2. The van der Waals surface area contributed by atoms with E-state index in [2.05, 4.69) is 0 Å². The molecule has 8 heteroatoms. The van der Waals surface area contributed by atoms with Gasteiger partial charge < -0.3 is 15.0 Å². The molecule has 0 spiro atoms. The number of hydrogen-bond donors (Lipinski definition) is 1. The van der Waals surface area contributed by atoms with Crippen LogP contribution >= 0.6 is 11.6 Å². The predicted molar refractivity (Wildman–Crippen MR) is 64.8 cm³/mol. The number of halogens is 1. The highest BCUT2D eigenvalue weighted by Crippen LogP contribution is 2.26. The number of carbonyl (C=O) groups excluding carboxylic acids is 1. The molecule has 1 saturated heterocycles. The minimum atomic E-state index is -3.99. The van der Waals surface area contributed by atoms with Gasteiger partial charge in [0.15, 0.2) is 0 Å². The third-order valence-corrected chi connectivity index (χ3v) is 5.07. The van der Waals surface area contributed by atoms with E-state index in [1.54, 1.807) is 0 Å². The van der Waals surface area contributed by atoms with Crippen molar-refractivity contribution in [1.82, 2.24) is 4.31 Å². The van der Waals surface area contributed by atoms with E-state index in [1.165, 1.54) is 24.3 Å². The van der Waals surface area contributed by atoms with E-state index >= 15 is 0 Å². The summed E-state index contributed by atoms with van der Waals surface area (Å²) >= 11 is 5.67. The Morgan fingerprint density at radius 1 is 1.37 bits per heavy atom. The molecule has 0 bridgehead atoms. The molecule has 19 heavy (non-hydrogen) atoms. The van der Waals surface area contributed by atoms with Gasteiger partial charge in [-0.05, 0) is 30.7 Å². The molecule has 1 N–H and O–H groups in total. The van der Waals surface area contributed by atoms with Crippen LogP contribution in [0.3, 0.4) is 0 Å². The summed E-state index contributed by atoms with van der Waals surface area (Å²) in [5.74, 6) is -1.52. The second-order valence-electron chi connectivity index (χ2n) is 4.25. The Labute approximate surface area is 115 Å². The number of aliphatic carboxylic acids is 1. The van der Waals surface area contributed by atoms with Crippen LogP contribution in [0.4, 0.5) is 0 Å². The maximum atomic E-state index is 12.3. The summed E-state index contributed by atoms with van der Waals surface area (Å²) in [6, 6.07) is 4.02. The summed E-state index contributed by atoms with van der Waals surface area (Å²) < 4.78 is 25.3. The third-order valence-electron chi connectivity index (χ3n) is 2.93. The Balaban J connectivity index is 2.38. The van der Waals surface area contributed by atoms with E-state index < -0.39 is 28.1 Å². The maximum Gasteiger partial charge on any atom is 0.243 e. The van der Waals surface area contributed by atoms with Gasteiger partial charge in [0, 0.05) is 11.6 Å². The molecule has 0 aliphatic carbocycles. The van der Waals surface area contributed by atoms with Gasteiger partial charge >= 0.3 is 0 Å². The van der Waals surface area contributed by atoms with Crippen molar-refractivity contribution in [2.75, 3.05) is 6.54 Å². The van der Waals surface area contributed by atoms with Crippen LogP contribution in [0.5, 0.6) is 0 Å². The van der Waals surface area contributed by atoms with Crippen molar-refractivity contribution in [2.24, 2.45) is 0 Å². The summed E-state index contributed by atoms with van der Waals surface area (Å²) in [4.78, 5) is 10.9. The molecule has 1 aromatic rings. The Hall–Kier alpha value is -1.15. The quantitative estimate of drug-likeness (QED) is 0.789. The molecule has 0 saturated carbocycles. The molecule has 1 aliphatic heterocycles. The number of benzene rings is 1. The molecule has 0 aromatic heterocycles. The summed E-state index contributed by atoms with van der Waals surface area (Å²) in [6.45, 7) is -0.260. The van der Waals surface area contributed by atoms with Gasteiger partial charge in [-0.25, -0.2) is 8.42 Å². The zero-order valence-corrected chi connectivity index (χ0v) is 11.3. The fourth-order valence-corrected chi connectivity index (χ4v) is 3.76. The highest BCUT2D eigenvalue weighted by atomic mass is 35.5. The minimum Gasteiger partial charge on any atom is -0.548 e. The first kappa shape index (κ1) is 14.3. The Morgan fingerprint density at radius 3 is 2.47 bits per heavy atom. The van der Waals surface area contributed by atoms with E-state index in [9.17, 15) is 23.4 Å². The Kier molecular flexibility index (Phi) is 3.82. The third kappa shape index (κ3) is 2.74. The van der Waals surface area contributed by atoms with Crippen molar-refractivity contribution in [1.29, 1.82) is 0 Å². The molecule has 1 aromatic carbocycles. The second kappa shape index (κ2) is 5.09. The molecule has 1 heterocycles. The first-order valence-corrected chi connectivity index (χ1v) is 7.30. The molecule has 6 nitrogen and oxygen atoms in total.